The van der Waals surface area contributed by atoms with Gasteiger partial charge in [0.25, 0.3) is 0 Å². The number of nitrogens with two attached hydrogens (primary N) is 1. The molecule has 1 rings (SSSR count). The normalized spacial score (nSPS) is 12.4. The van der Waals surface area contributed by atoms with Crippen LogP contribution in [0.2, 0.25) is 0 Å². The Labute approximate surface area is 101 Å². The summed E-state index contributed by atoms with van der Waals surface area (Å²) < 4.78 is 4.86. The molecule has 90 valence electrons. The van der Waals surface area contributed by atoms with Crippen LogP contribution >= 0.6 is 11.3 Å². The van der Waals surface area contributed by atoms with Crippen LogP contribution in [0.15, 0.2) is 11.4 Å². The maximum atomic E-state index is 11.1. The van der Waals surface area contributed by atoms with E-state index in [0.717, 1.165) is 12.8 Å². The average Bonchev–Trinajstić information content (AvgIpc) is 2.64. The van der Waals surface area contributed by atoms with Gasteiger partial charge in [0.2, 0.25) is 0 Å². The molecule has 0 aliphatic rings. The lowest BCUT2D eigenvalue weighted by molar-refractivity contribution is -0.143. The molecule has 0 bridgehead atoms. The summed E-state index contributed by atoms with van der Waals surface area (Å²) in [7, 11) is 0. The number of carbonyl (C=O) groups is 1. The van der Waals surface area contributed by atoms with Gasteiger partial charge in [-0.3, -0.25) is 4.79 Å². The molecule has 0 fully saturated rings. The van der Waals surface area contributed by atoms with Gasteiger partial charge in [-0.25, -0.2) is 0 Å². The van der Waals surface area contributed by atoms with Gasteiger partial charge in [-0.2, -0.15) is 0 Å². The fraction of sp³-hybridized carbons (Fsp3) is 0.583. The summed E-state index contributed by atoms with van der Waals surface area (Å²) in [4.78, 5) is 12.3. The molecule has 2 N–H and O–H groups in total. The Balaban J connectivity index is 2.28. The summed E-state index contributed by atoms with van der Waals surface area (Å²) in [6.45, 7) is 4.34. The van der Waals surface area contributed by atoms with E-state index in [2.05, 4.69) is 18.4 Å². The molecule has 0 radical (unpaired) electrons. The first kappa shape index (κ1) is 13.2. The van der Waals surface area contributed by atoms with Crippen molar-refractivity contribution in [2.24, 2.45) is 5.73 Å². The molecule has 0 amide bonds. The van der Waals surface area contributed by atoms with Gasteiger partial charge in [-0.15, -0.1) is 11.3 Å². The summed E-state index contributed by atoms with van der Waals surface area (Å²) in [5.41, 5.74) is 7.30. The Kier molecular flexibility index (Phi) is 5.49. The Bertz CT molecular complexity index is 336. The van der Waals surface area contributed by atoms with Crippen molar-refractivity contribution in [3.8, 4) is 0 Å². The molecule has 1 aromatic heterocycles. The fourth-order valence-corrected chi connectivity index (χ4v) is 2.56. The number of thiophene rings is 1. The van der Waals surface area contributed by atoms with E-state index in [0.29, 0.717) is 13.0 Å². The Morgan fingerprint density at radius 3 is 2.94 bits per heavy atom. The molecule has 0 aliphatic carbocycles. The Hall–Kier alpha value is -0.870. The highest BCUT2D eigenvalue weighted by atomic mass is 32.1. The molecule has 1 atom stereocenters. The molecule has 1 unspecified atom stereocenters. The fourth-order valence-electron chi connectivity index (χ4n) is 1.59. The smallest absolute Gasteiger partial charge is 0.305 e. The van der Waals surface area contributed by atoms with Gasteiger partial charge in [-0.1, -0.05) is 0 Å². The van der Waals surface area contributed by atoms with Gasteiger partial charge in [0.1, 0.15) is 0 Å². The first-order valence-electron chi connectivity index (χ1n) is 5.60. The zero-order chi connectivity index (χ0) is 12.0. The Morgan fingerprint density at radius 2 is 2.38 bits per heavy atom. The van der Waals surface area contributed by atoms with Gasteiger partial charge >= 0.3 is 5.97 Å². The van der Waals surface area contributed by atoms with Gasteiger partial charge in [0.15, 0.2) is 0 Å². The van der Waals surface area contributed by atoms with E-state index < -0.39 is 0 Å². The number of ether oxygens (including phenoxy) is 1. The maximum Gasteiger partial charge on any atom is 0.305 e. The van der Waals surface area contributed by atoms with Crippen molar-refractivity contribution in [1.82, 2.24) is 0 Å². The third-order valence-corrected chi connectivity index (χ3v) is 3.59. The van der Waals surface area contributed by atoms with E-state index in [4.69, 9.17) is 10.5 Å². The third-order valence-electron chi connectivity index (χ3n) is 2.44. The van der Waals surface area contributed by atoms with Crippen LogP contribution in [0.1, 0.15) is 42.7 Å². The lowest BCUT2D eigenvalue weighted by Crippen LogP contribution is -2.11. The summed E-state index contributed by atoms with van der Waals surface area (Å²) in [5, 5.41) is 2.05. The largest absolute Gasteiger partial charge is 0.466 e. The zero-order valence-electron chi connectivity index (χ0n) is 9.86. The van der Waals surface area contributed by atoms with Crippen molar-refractivity contribution in [2.45, 2.75) is 39.2 Å². The monoisotopic (exact) mass is 241 g/mol. The lowest BCUT2D eigenvalue weighted by atomic mass is 10.1. The number of carbonyl (C=O) groups excluding carboxylic acids is 1. The predicted octanol–water partition coefficient (Wildman–Crippen LogP) is 2.79. The molecule has 0 aliphatic heterocycles. The van der Waals surface area contributed by atoms with E-state index in [-0.39, 0.29) is 12.0 Å². The van der Waals surface area contributed by atoms with Crippen molar-refractivity contribution in [2.75, 3.05) is 6.61 Å². The quantitative estimate of drug-likeness (QED) is 0.779. The van der Waals surface area contributed by atoms with Gasteiger partial charge in [-0.05, 0) is 43.7 Å². The van der Waals surface area contributed by atoms with Crippen LogP contribution in [-0.2, 0) is 9.53 Å². The zero-order valence-corrected chi connectivity index (χ0v) is 10.7. The first-order valence-corrected chi connectivity index (χ1v) is 6.48. The molecule has 1 aromatic rings. The van der Waals surface area contributed by atoms with E-state index >= 15 is 0 Å². The number of hydrogen-bond donors (Lipinski definition) is 1. The van der Waals surface area contributed by atoms with Crippen LogP contribution < -0.4 is 5.73 Å². The number of rotatable bonds is 6. The molecule has 0 saturated heterocycles. The third kappa shape index (κ3) is 3.94. The van der Waals surface area contributed by atoms with E-state index in [1.807, 2.05) is 6.92 Å². The minimum atomic E-state index is -0.127. The number of esters is 1. The molecule has 16 heavy (non-hydrogen) atoms. The first-order chi connectivity index (χ1) is 7.65. The molecule has 3 nitrogen and oxygen atoms in total. The highest BCUT2D eigenvalue weighted by Gasteiger charge is 2.11. The minimum absolute atomic E-state index is 0.0504. The number of hydrogen-bond acceptors (Lipinski definition) is 4. The van der Waals surface area contributed by atoms with E-state index in [1.165, 1.54) is 10.4 Å². The molecular weight excluding hydrogens is 222 g/mol. The lowest BCUT2D eigenvalue weighted by Gasteiger charge is -2.10. The van der Waals surface area contributed by atoms with Crippen molar-refractivity contribution in [3.63, 3.8) is 0 Å². The second kappa shape index (κ2) is 6.66. The minimum Gasteiger partial charge on any atom is -0.466 e. The van der Waals surface area contributed by atoms with Crippen LogP contribution in [-0.4, -0.2) is 12.6 Å². The number of aryl methyl sites for hydroxylation is 1. The second-order valence-electron chi connectivity index (χ2n) is 3.77. The van der Waals surface area contributed by atoms with Crippen LogP contribution in [0.5, 0.6) is 0 Å². The second-order valence-corrected chi connectivity index (χ2v) is 4.72. The van der Waals surface area contributed by atoms with Crippen molar-refractivity contribution in [1.29, 1.82) is 0 Å². The van der Waals surface area contributed by atoms with Crippen molar-refractivity contribution >= 4 is 17.3 Å². The molecule has 0 saturated carbocycles. The molecule has 0 aromatic carbocycles. The van der Waals surface area contributed by atoms with Gasteiger partial charge in [0.05, 0.1) is 6.61 Å². The Morgan fingerprint density at radius 1 is 1.62 bits per heavy atom. The van der Waals surface area contributed by atoms with Crippen LogP contribution in [0.3, 0.4) is 0 Å². The van der Waals surface area contributed by atoms with Crippen molar-refractivity contribution in [3.05, 3.63) is 21.9 Å². The standard InChI is InChI=1S/C12H19NO2S/c1-3-15-11(14)6-4-5-10(13)12-9(2)7-8-16-12/h7-8,10H,3-6,13H2,1-2H3. The topological polar surface area (TPSA) is 52.3 Å². The molecule has 1 heterocycles. The summed E-state index contributed by atoms with van der Waals surface area (Å²) in [6, 6.07) is 2.13. The average molecular weight is 241 g/mol. The van der Waals surface area contributed by atoms with Crippen LogP contribution in [0.25, 0.3) is 0 Å². The molecular formula is C12H19NO2S. The van der Waals surface area contributed by atoms with Crippen LogP contribution in [0, 0.1) is 6.92 Å². The van der Waals surface area contributed by atoms with E-state index in [9.17, 15) is 4.79 Å². The van der Waals surface area contributed by atoms with Gasteiger partial charge < -0.3 is 10.5 Å². The molecule has 4 heteroatoms. The van der Waals surface area contributed by atoms with Gasteiger partial charge in [0, 0.05) is 17.3 Å². The summed E-state index contributed by atoms with van der Waals surface area (Å²) in [6.07, 6.45) is 2.09. The highest BCUT2D eigenvalue weighted by Crippen LogP contribution is 2.25. The maximum absolute atomic E-state index is 11.1. The highest BCUT2D eigenvalue weighted by molar-refractivity contribution is 7.10. The van der Waals surface area contributed by atoms with E-state index in [1.54, 1.807) is 11.3 Å². The summed E-state index contributed by atoms with van der Waals surface area (Å²) in [5.74, 6) is -0.127. The molecule has 0 spiro atoms. The predicted molar refractivity (Wildman–Crippen MR) is 66.5 cm³/mol. The van der Waals surface area contributed by atoms with Crippen molar-refractivity contribution < 1.29 is 9.53 Å². The summed E-state index contributed by atoms with van der Waals surface area (Å²) >= 11 is 1.69. The van der Waals surface area contributed by atoms with Crippen LogP contribution in [0.4, 0.5) is 0 Å². The SMILES string of the molecule is CCOC(=O)CCCC(N)c1sccc1C.